The summed E-state index contributed by atoms with van der Waals surface area (Å²) in [4.78, 5) is 22.9. The minimum Gasteiger partial charge on any atom is -0.493 e. The fourth-order valence-electron chi connectivity index (χ4n) is 6.05. The Kier molecular flexibility index (Phi) is 14.7. The number of halogens is 1. The Morgan fingerprint density at radius 2 is 1.31 bits per heavy atom. The van der Waals surface area contributed by atoms with Crippen LogP contribution in [0.4, 0.5) is 0 Å². The van der Waals surface area contributed by atoms with E-state index in [-0.39, 0.29) is 0 Å². The van der Waals surface area contributed by atoms with Gasteiger partial charge in [0.15, 0.2) is 9.93 Å². The van der Waals surface area contributed by atoms with Crippen LogP contribution in [0.3, 0.4) is 0 Å². The first-order valence-corrected chi connectivity index (χ1v) is 20.1. The Bertz CT molecular complexity index is 2160. The van der Waals surface area contributed by atoms with Crippen molar-refractivity contribution in [2.24, 2.45) is 0 Å². The molecular weight excluding hydrogens is 760 g/mol. The zero-order valence-corrected chi connectivity index (χ0v) is 34.0. The molecular formula is C40H47ClN6O6S2. The van der Waals surface area contributed by atoms with E-state index in [1.165, 1.54) is 11.1 Å². The van der Waals surface area contributed by atoms with E-state index in [4.69, 9.17) is 52.2 Å². The SMILES string of the molecule is COCCCOc1ccnc(CCl)c1C.COCCCOc1ccnc(CSc2nc3cc4c(cc3[nH]2)CCO4)c1C.S=c1[nH]c2cc3c(cc2[nH]1)OCC3. The molecule has 8 rings (SSSR count). The number of alkyl halides is 1. The van der Waals surface area contributed by atoms with Crippen molar-refractivity contribution in [2.75, 3.05) is 53.9 Å². The number of H-pyrrole nitrogens is 3. The maximum atomic E-state index is 5.86. The fraction of sp³-hybridized carbons (Fsp3) is 0.400. The van der Waals surface area contributed by atoms with Crippen LogP contribution in [0.25, 0.3) is 22.1 Å². The minimum absolute atomic E-state index is 0.418. The first kappa shape index (κ1) is 40.3. The highest BCUT2D eigenvalue weighted by Crippen LogP contribution is 2.32. The number of hydrogen-bond acceptors (Lipinski definition) is 11. The highest BCUT2D eigenvalue weighted by Gasteiger charge is 2.16. The van der Waals surface area contributed by atoms with Gasteiger partial charge in [0.25, 0.3) is 0 Å². The van der Waals surface area contributed by atoms with E-state index in [0.717, 1.165) is 117 Å². The summed E-state index contributed by atoms with van der Waals surface area (Å²) in [6.45, 7) is 8.29. The number of hydrogen-bond donors (Lipinski definition) is 3. The molecule has 292 valence electrons. The van der Waals surface area contributed by atoms with E-state index in [0.29, 0.717) is 37.1 Å². The van der Waals surface area contributed by atoms with Gasteiger partial charge in [-0.1, -0.05) is 11.8 Å². The molecule has 2 aromatic carbocycles. The van der Waals surface area contributed by atoms with Crippen molar-refractivity contribution in [3.8, 4) is 23.0 Å². The van der Waals surface area contributed by atoms with Gasteiger partial charge in [-0.15, -0.1) is 11.6 Å². The third kappa shape index (κ3) is 10.7. The molecule has 0 saturated carbocycles. The summed E-state index contributed by atoms with van der Waals surface area (Å²) in [7, 11) is 3.38. The van der Waals surface area contributed by atoms with Gasteiger partial charge in [-0.05, 0) is 61.5 Å². The highest BCUT2D eigenvalue weighted by atomic mass is 35.5. The van der Waals surface area contributed by atoms with Crippen molar-refractivity contribution in [1.29, 1.82) is 0 Å². The fourth-order valence-corrected chi connectivity index (χ4v) is 7.45. The average molecular weight is 807 g/mol. The number of methoxy groups -OCH3 is 2. The number of aromatic amines is 3. The lowest BCUT2D eigenvalue weighted by molar-refractivity contribution is 0.171. The summed E-state index contributed by atoms with van der Waals surface area (Å²) in [5, 5.41) is 0.890. The van der Waals surface area contributed by atoms with Crippen molar-refractivity contribution in [3.63, 3.8) is 0 Å². The van der Waals surface area contributed by atoms with Gasteiger partial charge in [-0.25, -0.2) is 4.98 Å². The molecule has 15 heteroatoms. The van der Waals surface area contributed by atoms with E-state index >= 15 is 0 Å². The van der Waals surface area contributed by atoms with Crippen molar-refractivity contribution in [2.45, 2.75) is 56.3 Å². The summed E-state index contributed by atoms with van der Waals surface area (Å²) < 4.78 is 33.2. The molecule has 0 spiro atoms. The number of nitrogens with one attached hydrogen (secondary N) is 3. The predicted molar refractivity (Wildman–Crippen MR) is 219 cm³/mol. The lowest BCUT2D eigenvalue weighted by atomic mass is 10.1. The van der Waals surface area contributed by atoms with Crippen LogP contribution in [-0.2, 0) is 33.9 Å². The third-order valence-corrected chi connectivity index (χ3v) is 10.4. The number of fused-ring (bicyclic) bond motifs is 4. The quantitative estimate of drug-likeness (QED) is 0.0422. The summed E-state index contributed by atoms with van der Waals surface area (Å²) in [6, 6.07) is 12.0. The topological polar surface area (TPSA) is 141 Å². The molecule has 2 aliphatic heterocycles. The van der Waals surface area contributed by atoms with Gasteiger partial charge in [-0.3, -0.25) is 9.97 Å². The molecule has 0 radical (unpaired) electrons. The lowest BCUT2D eigenvalue weighted by Gasteiger charge is -2.11. The van der Waals surface area contributed by atoms with E-state index < -0.39 is 0 Å². The van der Waals surface area contributed by atoms with Crippen molar-refractivity contribution in [1.82, 2.24) is 29.9 Å². The van der Waals surface area contributed by atoms with Crippen LogP contribution >= 0.6 is 35.6 Å². The highest BCUT2D eigenvalue weighted by molar-refractivity contribution is 7.98. The van der Waals surface area contributed by atoms with Crippen LogP contribution < -0.4 is 18.9 Å². The standard InChI is InChI=1S/C20H23N3O3S.C11H16ClNO2.C9H8N2OS/c1-13-17(21-6-4-18(13)25-8-3-7-24-2)12-27-20-22-15-10-14-5-9-26-19(14)11-16(15)23-20;1-9-10(8-12)13-5-4-11(9)15-7-3-6-14-2;13-9-10-6-3-5-1-2-12-8(5)4-7(6)11-9/h4,6,10-11H,3,5,7-9,12H2,1-2H3,(H,22,23);4-5H,3,6-8H2,1-2H3;3-4H,1-2H2,(H2,10,11,13). The number of pyridine rings is 2. The van der Waals surface area contributed by atoms with Gasteiger partial charge in [0.1, 0.15) is 23.0 Å². The van der Waals surface area contributed by atoms with Crippen molar-refractivity contribution >= 4 is 57.6 Å². The van der Waals surface area contributed by atoms with E-state index in [9.17, 15) is 0 Å². The number of ether oxygens (including phenoxy) is 6. The van der Waals surface area contributed by atoms with Gasteiger partial charge in [0.05, 0.1) is 65.8 Å². The van der Waals surface area contributed by atoms with Crippen LogP contribution in [-0.4, -0.2) is 83.8 Å². The Labute approximate surface area is 335 Å². The van der Waals surface area contributed by atoms with Crippen molar-refractivity contribution < 1.29 is 28.4 Å². The first-order chi connectivity index (χ1) is 26.9. The zero-order valence-electron chi connectivity index (χ0n) is 31.6. The predicted octanol–water partition coefficient (Wildman–Crippen LogP) is 8.61. The third-order valence-electron chi connectivity index (χ3n) is 9.09. The zero-order chi connectivity index (χ0) is 38.6. The van der Waals surface area contributed by atoms with Crippen LogP contribution in [0.5, 0.6) is 23.0 Å². The molecule has 0 bridgehead atoms. The van der Waals surface area contributed by atoms with Gasteiger partial charge >= 0.3 is 0 Å². The number of aromatic nitrogens is 6. The Balaban J connectivity index is 0.000000155. The second kappa shape index (κ2) is 20.0. The molecule has 0 atom stereocenters. The molecule has 4 aromatic heterocycles. The number of nitrogens with zero attached hydrogens (tertiary/aromatic N) is 3. The first-order valence-electron chi connectivity index (χ1n) is 18.2. The maximum Gasteiger partial charge on any atom is 0.175 e. The summed E-state index contributed by atoms with van der Waals surface area (Å²) in [6.07, 6.45) is 7.24. The van der Waals surface area contributed by atoms with Gasteiger partial charge in [0, 0.05) is 94.5 Å². The summed E-state index contributed by atoms with van der Waals surface area (Å²) in [5.74, 6) is 4.84. The molecule has 2 aliphatic rings. The Morgan fingerprint density at radius 1 is 0.745 bits per heavy atom. The summed E-state index contributed by atoms with van der Waals surface area (Å²) in [5.41, 5.74) is 10.6. The number of imidazole rings is 2. The molecule has 6 aromatic rings. The molecule has 0 unspecified atom stereocenters. The van der Waals surface area contributed by atoms with Crippen molar-refractivity contribution in [3.05, 3.63) is 87.2 Å². The van der Waals surface area contributed by atoms with E-state index in [1.807, 2.05) is 31.2 Å². The molecule has 0 fully saturated rings. The second-order valence-corrected chi connectivity index (χ2v) is 14.5. The molecule has 3 N–H and O–H groups in total. The van der Waals surface area contributed by atoms with Crippen LogP contribution in [0.2, 0.25) is 0 Å². The number of thioether (sulfide) groups is 1. The lowest BCUT2D eigenvalue weighted by Crippen LogP contribution is -2.04. The summed E-state index contributed by atoms with van der Waals surface area (Å²) >= 11 is 12.4. The molecule has 0 saturated heterocycles. The monoisotopic (exact) mass is 806 g/mol. The molecule has 6 heterocycles. The van der Waals surface area contributed by atoms with Gasteiger partial charge in [0.2, 0.25) is 0 Å². The Hall–Kier alpha value is -4.34. The second-order valence-electron chi connectivity index (χ2n) is 12.9. The van der Waals surface area contributed by atoms with E-state index in [2.05, 4.69) is 49.0 Å². The molecule has 0 aliphatic carbocycles. The van der Waals surface area contributed by atoms with Crippen LogP contribution in [0.1, 0.15) is 46.5 Å². The van der Waals surface area contributed by atoms with Gasteiger partial charge in [-0.2, -0.15) is 0 Å². The Morgan fingerprint density at radius 3 is 1.93 bits per heavy atom. The maximum absolute atomic E-state index is 5.86. The van der Waals surface area contributed by atoms with Gasteiger partial charge < -0.3 is 43.4 Å². The normalized spacial score (nSPS) is 12.6. The molecule has 12 nitrogen and oxygen atoms in total. The molecule has 0 amide bonds. The number of rotatable bonds is 14. The number of benzene rings is 2. The largest absolute Gasteiger partial charge is 0.493 e. The molecule has 55 heavy (non-hydrogen) atoms. The van der Waals surface area contributed by atoms with Crippen LogP contribution in [0, 0.1) is 18.6 Å². The average Bonchev–Trinajstić information content (AvgIpc) is 4.00. The van der Waals surface area contributed by atoms with E-state index in [1.54, 1.807) is 38.4 Å². The van der Waals surface area contributed by atoms with Crippen LogP contribution in [0.15, 0.2) is 53.9 Å². The smallest absolute Gasteiger partial charge is 0.175 e. The minimum atomic E-state index is 0.418.